The van der Waals surface area contributed by atoms with Crippen LogP contribution in [0.2, 0.25) is 0 Å². The fourth-order valence-electron chi connectivity index (χ4n) is 2.33. The number of nitrogens with one attached hydrogen (secondary N) is 2. The highest BCUT2D eigenvalue weighted by molar-refractivity contribution is 7.19. The largest absolute Gasteiger partial charge is 0.452 e. The number of carbonyl (C=O) groups excluding carboxylic acids is 3. The number of fused-ring (bicyclic) bond motifs is 1. The van der Waals surface area contributed by atoms with Gasteiger partial charge in [0.15, 0.2) is 6.61 Å². The van der Waals surface area contributed by atoms with Gasteiger partial charge in [-0.1, -0.05) is 12.1 Å². The number of thiazole rings is 1. The molecule has 2 amide bonds. The van der Waals surface area contributed by atoms with Crippen molar-refractivity contribution in [2.24, 2.45) is 0 Å². The van der Waals surface area contributed by atoms with Crippen molar-refractivity contribution >= 4 is 51.1 Å². The van der Waals surface area contributed by atoms with Crippen LogP contribution in [0.15, 0.2) is 54.6 Å². The first-order valence-corrected chi connectivity index (χ1v) is 9.19. The summed E-state index contributed by atoms with van der Waals surface area (Å²) < 4.78 is 5.95. The maximum Gasteiger partial charge on any atom is 0.331 e. The number of nitrogens with zero attached hydrogens (tertiary/aromatic N) is 1. The third-order valence-corrected chi connectivity index (χ3v) is 4.68. The van der Waals surface area contributed by atoms with Crippen molar-refractivity contribution in [2.75, 3.05) is 19.0 Å². The van der Waals surface area contributed by atoms with Crippen LogP contribution in [0, 0.1) is 0 Å². The summed E-state index contributed by atoms with van der Waals surface area (Å²) in [5, 5.41) is 5.78. The zero-order valence-corrected chi connectivity index (χ0v) is 15.8. The van der Waals surface area contributed by atoms with E-state index in [4.69, 9.17) is 4.74 Å². The molecule has 28 heavy (non-hydrogen) atoms. The van der Waals surface area contributed by atoms with Gasteiger partial charge < -0.3 is 15.4 Å². The van der Waals surface area contributed by atoms with Crippen molar-refractivity contribution in [3.63, 3.8) is 0 Å². The van der Waals surface area contributed by atoms with E-state index in [9.17, 15) is 14.4 Å². The summed E-state index contributed by atoms with van der Waals surface area (Å²) in [5.74, 6) is -1.33. The Kier molecular flexibility index (Phi) is 6.13. The molecule has 7 nitrogen and oxygen atoms in total. The van der Waals surface area contributed by atoms with Gasteiger partial charge in [-0.2, -0.15) is 0 Å². The number of hydrogen-bond donors (Lipinski definition) is 2. The van der Waals surface area contributed by atoms with Crippen LogP contribution in [-0.4, -0.2) is 36.4 Å². The number of aromatic nitrogens is 1. The SMILES string of the molecule is CNC(=O)c1ccc(NC(=O)COC(=O)/C=C/c2nc3ccccc3s2)cc1. The molecule has 0 atom stereocenters. The van der Waals surface area contributed by atoms with Crippen LogP contribution in [0.1, 0.15) is 15.4 Å². The molecule has 1 heterocycles. The van der Waals surface area contributed by atoms with E-state index in [2.05, 4.69) is 15.6 Å². The topological polar surface area (TPSA) is 97.4 Å². The molecule has 2 aromatic carbocycles. The van der Waals surface area contributed by atoms with Crippen molar-refractivity contribution in [3.05, 3.63) is 65.2 Å². The van der Waals surface area contributed by atoms with Gasteiger partial charge in [-0.3, -0.25) is 9.59 Å². The second-order valence-corrected chi connectivity index (χ2v) is 6.73. The minimum Gasteiger partial charge on any atom is -0.452 e. The molecular weight excluding hydrogens is 378 g/mol. The van der Waals surface area contributed by atoms with E-state index in [0.717, 1.165) is 10.2 Å². The number of carbonyl (C=O) groups is 3. The minimum atomic E-state index is -0.635. The molecule has 8 heteroatoms. The quantitative estimate of drug-likeness (QED) is 0.494. The van der Waals surface area contributed by atoms with E-state index in [1.165, 1.54) is 24.5 Å². The maximum atomic E-state index is 11.9. The lowest BCUT2D eigenvalue weighted by Crippen LogP contribution is -2.20. The molecule has 0 spiro atoms. The number of rotatable bonds is 6. The Labute approximate surface area is 165 Å². The summed E-state index contributed by atoms with van der Waals surface area (Å²) in [6, 6.07) is 14.0. The lowest BCUT2D eigenvalue weighted by Gasteiger charge is -2.06. The zero-order chi connectivity index (χ0) is 19.9. The van der Waals surface area contributed by atoms with Gasteiger partial charge in [0.25, 0.3) is 11.8 Å². The fourth-order valence-corrected chi connectivity index (χ4v) is 3.20. The summed E-state index contributed by atoms with van der Waals surface area (Å²) in [4.78, 5) is 39.5. The summed E-state index contributed by atoms with van der Waals surface area (Å²) in [6.07, 6.45) is 2.80. The molecule has 0 saturated heterocycles. The summed E-state index contributed by atoms with van der Waals surface area (Å²) in [7, 11) is 1.54. The van der Waals surface area contributed by atoms with Crippen LogP contribution in [0.4, 0.5) is 5.69 Å². The number of hydrogen-bond acceptors (Lipinski definition) is 6. The molecule has 0 aliphatic carbocycles. The van der Waals surface area contributed by atoms with E-state index in [1.807, 2.05) is 24.3 Å². The van der Waals surface area contributed by atoms with Crippen LogP contribution in [0.3, 0.4) is 0 Å². The molecule has 0 fully saturated rings. The Bertz CT molecular complexity index is 1010. The monoisotopic (exact) mass is 395 g/mol. The Morgan fingerprint density at radius 3 is 2.57 bits per heavy atom. The van der Waals surface area contributed by atoms with Crippen molar-refractivity contribution < 1.29 is 19.1 Å². The van der Waals surface area contributed by atoms with Gasteiger partial charge in [-0.25, -0.2) is 9.78 Å². The summed E-state index contributed by atoms with van der Waals surface area (Å²) in [5.41, 5.74) is 1.84. The maximum absolute atomic E-state index is 11.9. The predicted molar refractivity (Wildman–Crippen MR) is 108 cm³/mol. The molecule has 0 unspecified atom stereocenters. The molecule has 0 bridgehead atoms. The fraction of sp³-hybridized carbons (Fsp3) is 0.100. The highest BCUT2D eigenvalue weighted by Crippen LogP contribution is 2.22. The van der Waals surface area contributed by atoms with Crippen LogP contribution in [-0.2, 0) is 14.3 Å². The standard InChI is InChI=1S/C20H17N3O4S/c1-21-20(26)13-6-8-14(9-7-13)22-17(24)12-27-19(25)11-10-18-23-15-4-2-3-5-16(15)28-18/h2-11H,12H2,1H3,(H,21,26)(H,22,24)/b11-10+. The van der Waals surface area contributed by atoms with E-state index in [1.54, 1.807) is 30.3 Å². The number of anilines is 1. The molecule has 3 aromatic rings. The minimum absolute atomic E-state index is 0.216. The first kappa shape index (κ1) is 19.2. The normalized spacial score (nSPS) is 10.8. The molecule has 0 aliphatic rings. The molecule has 2 N–H and O–H groups in total. The average molecular weight is 395 g/mol. The number of ether oxygens (including phenoxy) is 1. The summed E-state index contributed by atoms with van der Waals surface area (Å²) >= 11 is 1.46. The molecule has 142 valence electrons. The van der Waals surface area contributed by atoms with Gasteiger partial charge in [-0.05, 0) is 42.5 Å². The van der Waals surface area contributed by atoms with Crippen LogP contribution in [0.5, 0.6) is 0 Å². The molecule has 3 rings (SSSR count). The van der Waals surface area contributed by atoms with E-state index in [0.29, 0.717) is 16.3 Å². The highest BCUT2D eigenvalue weighted by Gasteiger charge is 2.08. The molecule has 1 aromatic heterocycles. The van der Waals surface area contributed by atoms with Crippen LogP contribution < -0.4 is 10.6 Å². The van der Waals surface area contributed by atoms with E-state index >= 15 is 0 Å². The Morgan fingerprint density at radius 1 is 1.11 bits per heavy atom. The van der Waals surface area contributed by atoms with Crippen molar-refractivity contribution in [1.29, 1.82) is 0 Å². The molecule has 0 saturated carbocycles. The first-order chi connectivity index (χ1) is 13.5. The Balaban J connectivity index is 1.48. The predicted octanol–water partition coefficient (Wildman–Crippen LogP) is 2.85. The van der Waals surface area contributed by atoms with Crippen molar-refractivity contribution in [2.45, 2.75) is 0 Å². The van der Waals surface area contributed by atoms with Gasteiger partial charge in [0, 0.05) is 24.4 Å². The third-order valence-electron chi connectivity index (χ3n) is 3.68. The number of benzene rings is 2. The van der Waals surface area contributed by atoms with Gasteiger partial charge in [0.05, 0.1) is 10.2 Å². The number of esters is 1. The number of para-hydroxylation sites is 1. The molecular formula is C20H17N3O4S. The van der Waals surface area contributed by atoms with Gasteiger partial charge in [0.2, 0.25) is 0 Å². The van der Waals surface area contributed by atoms with E-state index in [-0.39, 0.29) is 5.91 Å². The van der Waals surface area contributed by atoms with Crippen LogP contribution >= 0.6 is 11.3 Å². The average Bonchev–Trinajstić information content (AvgIpc) is 3.13. The molecule has 0 radical (unpaired) electrons. The Hall–Kier alpha value is -3.52. The van der Waals surface area contributed by atoms with E-state index < -0.39 is 18.5 Å². The number of amides is 2. The highest BCUT2D eigenvalue weighted by atomic mass is 32.1. The molecule has 0 aliphatic heterocycles. The van der Waals surface area contributed by atoms with Gasteiger partial charge >= 0.3 is 5.97 Å². The summed E-state index contributed by atoms with van der Waals surface area (Å²) in [6.45, 7) is -0.416. The van der Waals surface area contributed by atoms with Gasteiger partial charge in [-0.15, -0.1) is 11.3 Å². The second-order valence-electron chi connectivity index (χ2n) is 5.67. The Morgan fingerprint density at radius 2 is 1.86 bits per heavy atom. The van der Waals surface area contributed by atoms with Crippen LogP contribution in [0.25, 0.3) is 16.3 Å². The first-order valence-electron chi connectivity index (χ1n) is 8.37. The lowest BCUT2D eigenvalue weighted by atomic mass is 10.2. The van der Waals surface area contributed by atoms with Crippen molar-refractivity contribution in [1.82, 2.24) is 10.3 Å². The van der Waals surface area contributed by atoms with Crippen molar-refractivity contribution in [3.8, 4) is 0 Å². The smallest absolute Gasteiger partial charge is 0.331 e. The zero-order valence-electron chi connectivity index (χ0n) is 15.0. The lowest BCUT2D eigenvalue weighted by molar-refractivity contribution is -0.142. The third kappa shape index (κ3) is 5.01. The van der Waals surface area contributed by atoms with Gasteiger partial charge in [0.1, 0.15) is 5.01 Å². The second kappa shape index (κ2) is 8.92.